The molecule has 14 heteroatoms. The molecule has 220 valence electrons. The van der Waals surface area contributed by atoms with Crippen LogP contribution in [-0.4, -0.2) is 79.9 Å². The zero-order chi connectivity index (χ0) is 30.1. The predicted octanol–water partition coefficient (Wildman–Crippen LogP) is 0.819. The van der Waals surface area contributed by atoms with Crippen molar-refractivity contribution in [2.24, 2.45) is 21.5 Å². The molecule has 0 fully saturated rings. The fraction of sp³-hybridized carbons (Fsp3) is 0.250. The monoisotopic (exact) mass is 573 g/mol. The summed E-state index contributed by atoms with van der Waals surface area (Å²) >= 11 is 0. The summed E-state index contributed by atoms with van der Waals surface area (Å²) in [6.07, 6.45) is 0.684. The van der Waals surface area contributed by atoms with Gasteiger partial charge in [-0.05, 0) is 55.0 Å². The van der Waals surface area contributed by atoms with Gasteiger partial charge in [0.2, 0.25) is 0 Å². The third kappa shape index (κ3) is 7.56. The number of fused-ring (bicyclic) bond motifs is 2. The van der Waals surface area contributed by atoms with Gasteiger partial charge in [0.25, 0.3) is 17.7 Å². The lowest BCUT2D eigenvalue weighted by atomic mass is 10.1. The number of rotatable bonds is 11. The molecule has 0 aliphatic heterocycles. The number of nitrogens with one attached hydrogen (secondary N) is 7. The molecule has 42 heavy (non-hydrogen) atoms. The van der Waals surface area contributed by atoms with Crippen molar-refractivity contribution >= 4 is 57.1 Å². The first-order valence-electron chi connectivity index (χ1n) is 13.3. The molecule has 0 saturated carbocycles. The van der Waals surface area contributed by atoms with Crippen LogP contribution in [0.5, 0.6) is 0 Å². The van der Waals surface area contributed by atoms with Gasteiger partial charge in [-0.2, -0.15) is 0 Å². The van der Waals surface area contributed by atoms with Gasteiger partial charge in [0.05, 0.1) is 0 Å². The van der Waals surface area contributed by atoms with Gasteiger partial charge in [-0.3, -0.25) is 24.4 Å². The van der Waals surface area contributed by atoms with Crippen molar-refractivity contribution in [2.45, 2.75) is 6.42 Å². The number of nitrogens with zero attached hydrogens (tertiary/aromatic N) is 2. The van der Waals surface area contributed by atoms with E-state index in [1.807, 2.05) is 0 Å². The van der Waals surface area contributed by atoms with Crippen LogP contribution in [0.3, 0.4) is 0 Å². The minimum Gasteiger partial charge on any atom is -0.370 e. The molecule has 0 spiro atoms. The van der Waals surface area contributed by atoms with Crippen molar-refractivity contribution in [3.63, 3.8) is 0 Å². The number of aliphatic imine (C=N–C) groups is 2. The van der Waals surface area contributed by atoms with Gasteiger partial charge in [-0.25, -0.2) is 0 Å². The van der Waals surface area contributed by atoms with E-state index in [1.54, 1.807) is 62.6 Å². The maximum absolute atomic E-state index is 13.0. The molecular weight excluding hydrogens is 538 g/mol. The Labute approximate surface area is 241 Å². The van der Waals surface area contributed by atoms with Crippen LogP contribution in [0.15, 0.2) is 58.5 Å². The second-order valence-electron chi connectivity index (χ2n) is 9.36. The van der Waals surface area contributed by atoms with Gasteiger partial charge in [0, 0.05) is 73.3 Å². The lowest BCUT2D eigenvalue weighted by molar-refractivity contribution is 0.0943. The van der Waals surface area contributed by atoms with Crippen molar-refractivity contribution < 1.29 is 14.4 Å². The maximum atomic E-state index is 13.0. The first-order valence-corrected chi connectivity index (χ1v) is 13.3. The summed E-state index contributed by atoms with van der Waals surface area (Å²) < 4.78 is 0. The molecule has 2 aromatic heterocycles. The lowest BCUT2D eigenvalue weighted by Crippen LogP contribution is -2.38. The first-order chi connectivity index (χ1) is 20.3. The largest absolute Gasteiger partial charge is 0.370 e. The fourth-order valence-corrected chi connectivity index (χ4v) is 4.16. The number of carbonyl (C=O) groups is 3. The van der Waals surface area contributed by atoms with Crippen molar-refractivity contribution in [3.8, 4) is 0 Å². The van der Waals surface area contributed by atoms with E-state index < -0.39 is 0 Å². The number of benzene rings is 2. The van der Waals surface area contributed by atoms with Crippen LogP contribution in [-0.2, 0) is 0 Å². The molecule has 0 aliphatic rings. The standard InChI is InChI=1S/C28H35N11O3/c1-31-27(29)35-9-3-8-33-25(41)22-15-18-13-19(5-7-21(18)38-22)37-26(42)23-14-17-12-16(4-6-20(17)39-23)24(40)34-10-11-36-28(30)32-2/h4-7,12-15,38-39H,3,8-11H2,1-2H3,(H,33,41)(H,34,40)(H,37,42)(H3,29,31,35)(H3,30,32,36). The second-order valence-corrected chi connectivity index (χ2v) is 9.36. The van der Waals surface area contributed by atoms with Crippen molar-refractivity contribution in [2.75, 3.05) is 45.6 Å². The average Bonchev–Trinajstić information content (AvgIpc) is 3.62. The quantitative estimate of drug-likeness (QED) is 0.0713. The van der Waals surface area contributed by atoms with E-state index in [9.17, 15) is 14.4 Å². The number of carbonyl (C=O) groups excluding carboxylic acids is 3. The zero-order valence-corrected chi connectivity index (χ0v) is 23.4. The normalized spacial score (nSPS) is 11.9. The fourth-order valence-electron chi connectivity index (χ4n) is 4.16. The number of hydrogen-bond acceptors (Lipinski definition) is 5. The summed E-state index contributed by atoms with van der Waals surface area (Å²) in [7, 11) is 3.17. The number of anilines is 1. The van der Waals surface area contributed by atoms with Crippen molar-refractivity contribution in [3.05, 3.63) is 65.5 Å². The number of guanidine groups is 2. The highest BCUT2D eigenvalue weighted by molar-refractivity contribution is 6.08. The zero-order valence-electron chi connectivity index (χ0n) is 23.4. The topological polar surface area (TPSA) is 220 Å². The maximum Gasteiger partial charge on any atom is 0.272 e. The Morgan fingerprint density at radius 3 is 1.90 bits per heavy atom. The van der Waals surface area contributed by atoms with Gasteiger partial charge in [-0.15, -0.1) is 0 Å². The van der Waals surface area contributed by atoms with Crippen LogP contribution in [0.2, 0.25) is 0 Å². The van der Waals surface area contributed by atoms with E-state index in [-0.39, 0.29) is 17.7 Å². The van der Waals surface area contributed by atoms with Crippen molar-refractivity contribution in [1.82, 2.24) is 31.2 Å². The Morgan fingerprint density at radius 2 is 1.21 bits per heavy atom. The van der Waals surface area contributed by atoms with Gasteiger partial charge < -0.3 is 48.0 Å². The Hall–Kier alpha value is -5.53. The smallest absolute Gasteiger partial charge is 0.272 e. The number of aromatic nitrogens is 2. The van der Waals surface area contributed by atoms with Crippen LogP contribution in [0.1, 0.15) is 37.8 Å². The molecule has 4 rings (SSSR count). The van der Waals surface area contributed by atoms with Crippen molar-refractivity contribution in [1.29, 1.82) is 0 Å². The summed E-state index contributed by atoms with van der Waals surface area (Å²) in [5.41, 5.74) is 14.4. The molecule has 0 bridgehead atoms. The number of amides is 3. The van der Waals surface area contributed by atoms with Crippen LogP contribution < -0.4 is 38.1 Å². The summed E-state index contributed by atoms with van der Waals surface area (Å²) in [5, 5.41) is 15.9. The van der Waals surface area contributed by atoms with Gasteiger partial charge in [-0.1, -0.05) is 0 Å². The highest BCUT2D eigenvalue weighted by Crippen LogP contribution is 2.22. The molecule has 11 N–H and O–H groups in total. The lowest BCUT2D eigenvalue weighted by Gasteiger charge is -2.07. The average molecular weight is 574 g/mol. The summed E-state index contributed by atoms with van der Waals surface area (Å²) in [5.74, 6) is -0.154. The van der Waals surface area contributed by atoms with Gasteiger partial charge >= 0.3 is 0 Å². The van der Waals surface area contributed by atoms with E-state index in [0.717, 1.165) is 21.8 Å². The molecule has 14 nitrogen and oxygen atoms in total. The molecule has 0 aliphatic carbocycles. The van der Waals surface area contributed by atoms with E-state index in [2.05, 4.69) is 46.5 Å². The number of H-pyrrole nitrogens is 2. The minimum absolute atomic E-state index is 0.229. The van der Waals surface area contributed by atoms with Crippen LogP contribution in [0, 0.1) is 0 Å². The van der Waals surface area contributed by atoms with E-state index in [0.29, 0.717) is 67.2 Å². The Morgan fingerprint density at radius 1 is 0.667 bits per heavy atom. The van der Waals surface area contributed by atoms with Crippen LogP contribution in [0.25, 0.3) is 21.8 Å². The molecule has 0 unspecified atom stereocenters. The highest BCUT2D eigenvalue weighted by Gasteiger charge is 2.14. The molecule has 2 heterocycles. The highest BCUT2D eigenvalue weighted by atomic mass is 16.2. The minimum atomic E-state index is -0.339. The van der Waals surface area contributed by atoms with Gasteiger partial charge in [0.15, 0.2) is 11.9 Å². The second kappa shape index (κ2) is 13.7. The Bertz CT molecular complexity index is 1650. The molecule has 0 atom stereocenters. The van der Waals surface area contributed by atoms with Crippen LogP contribution >= 0.6 is 0 Å². The molecule has 3 amide bonds. The van der Waals surface area contributed by atoms with Gasteiger partial charge in [0.1, 0.15) is 11.4 Å². The number of aromatic amines is 2. The number of hydrogen-bond donors (Lipinski definition) is 9. The molecule has 2 aromatic carbocycles. The molecule has 4 aromatic rings. The van der Waals surface area contributed by atoms with E-state index in [1.165, 1.54) is 0 Å². The molecular formula is C28H35N11O3. The third-order valence-corrected chi connectivity index (χ3v) is 6.39. The van der Waals surface area contributed by atoms with E-state index >= 15 is 0 Å². The Kier molecular flexibility index (Phi) is 9.61. The molecule has 0 radical (unpaired) electrons. The number of nitrogens with two attached hydrogens (primary N) is 2. The summed E-state index contributed by atoms with van der Waals surface area (Å²) in [4.78, 5) is 51.9. The van der Waals surface area contributed by atoms with E-state index in [4.69, 9.17) is 11.5 Å². The Balaban J connectivity index is 1.34. The molecule has 0 saturated heterocycles. The summed E-state index contributed by atoms with van der Waals surface area (Å²) in [6.45, 7) is 1.88. The third-order valence-electron chi connectivity index (χ3n) is 6.39. The first kappa shape index (κ1) is 29.5. The van der Waals surface area contributed by atoms with Crippen LogP contribution in [0.4, 0.5) is 5.69 Å². The predicted molar refractivity (Wildman–Crippen MR) is 165 cm³/mol. The SMILES string of the molecule is CN=C(N)NCCCNC(=O)c1cc2cc(NC(=O)c3cc4cc(C(=O)NCCNC(N)=NC)ccc4[nH]3)ccc2[nH]1. The summed E-state index contributed by atoms with van der Waals surface area (Å²) in [6, 6.07) is 13.9.